The molecule has 0 saturated heterocycles. The Bertz CT molecular complexity index is 391. The average molecular weight is 260 g/mol. The van der Waals surface area contributed by atoms with E-state index in [4.69, 9.17) is 23.2 Å². The van der Waals surface area contributed by atoms with E-state index in [0.717, 1.165) is 5.56 Å². The summed E-state index contributed by atoms with van der Waals surface area (Å²) in [4.78, 5) is 13.2. The van der Waals surface area contributed by atoms with Crippen molar-refractivity contribution in [3.63, 3.8) is 0 Å². The van der Waals surface area contributed by atoms with E-state index in [9.17, 15) is 4.79 Å². The number of rotatable bonds is 4. The van der Waals surface area contributed by atoms with Gasteiger partial charge in [0.2, 0.25) is 0 Å². The molecule has 0 spiro atoms. The highest BCUT2D eigenvalue weighted by atomic mass is 35.5. The smallest absolute Gasteiger partial charge is 0.131 e. The summed E-state index contributed by atoms with van der Waals surface area (Å²) < 4.78 is 0. The lowest BCUT2D eigenvalue weighted by Gasteiger charge is -2.24. The lowest BCUT2D eigenvalue weighted by atomic mass is 10.0. The first-order chi connectivity index (χ1) is 7.41. The molecule has 1 rings (SSSR count). The molecule has 4 heteroatoms. The molecule has 1 aromatic rings. The Morgan fingerprint density at radius 1 is 1.38 bits per heavy atom. The summed E-state index contributed by atoms with van der Waals surface area (Å²) in [5.41, 5.74) is 0.936. The van der Waals surface area contributed by atoms with Crippen LogP contribution in [0.15, 0.2) is 18.2 Å². The van der Waals surface area contributed by atoms with Crippen LogP contribution in [0.25, 0.3) is 0 Å². The maximum Gasteiger partial charge on any atom is 0.131 e. The number of hydrogen-bond acceptors (Lipinski definition) is 2. The molecule has 16 heavy (non-hydrogen) atoms. The summed E-state index contributed by atoms with van der Waals surface area (Å²) in [7, 11) is 3.86. The first-order valence-electron chi connectivity index (χ1n) is 5.02. The van der Waals surface area contributed by atoms with Crippen LogP contribution in [-0.4, -0.2) is 24.8 Å². The van der Waals surface area contributed by atoms with E-state index in [1.165, 1.54) is 0 Å². The third-order valence-corrected chi connectivity index (χ3v) is 2.99. The van der Waals surface area contributed by atoms with Crippen molar-refractivity contribution in [1.29, 1.82) is 0 Å². The second-order valence-corrected chi connectivity index (χ2v) is 4.90. The fraction of sp³-hybridized carbons (Fsp3) is 0.417. The minimum Gasteiger partial charge on any atom is -0.302 e. The van der Waals surface area contributed by atoms with Gasteiger partial charge in [0.25, 0.3) is 0 Å². The predicted molar refractivity (Wildman–Crippen MR) is 68.2 cm³/mol. The van der Waals surface area contributed by atoms with Crippen molar-refractivity contribution in [2.24, 2.45) is 0 Å². The average Bonchev–Trinajstić information content (AvgIpc) is 2.14. The van der Waals surface area contributed by atoms with Gasteiger partial charge >= 0.3 is 0 Å². The fourth-order valence-electron chi connectivity index (χ4n) is 1.61. The molecule has 0 radical (unpaired) electrons. The van der Waals surface area contributed by atoms with Gasteiger partial charge in [-0.2, -0.15) is 0 Å². The molecule has 0 N–H and O–H groups in total. The molecule has 1 unspecified atom stereocenters. The summed E-state index contributed by atoms with van der Waals surface area (Å²) in [6.07, 6.45) is 0.453. The normalized spacial score (nSPS) is 12.9. The van der Waals surface area contributed by atoms with Gasteiger partial charge in [0.1, 0.15) is 5.78 Å². The zero-order valence-corrected chi connectivity index (χ0v) is 11.1. The van der Waals surface area contributed by atoms with E-state index in [0.29, 0.717) is 16.5 Å². The van der Waals surface area contributed by atoms with Gasteiger partial charge in [0, 0.05) is 22.5 Å². The van der Waals surface area contributed by atoms with Gasteiger partial charge in [-0.15, -0.1) is 0 Å². The molecule has 0 aliphatic carbocycles. The molecule has 0 amide bonds. The van der Waals surface area contributed by atoms with Crippen LogP contribution in [0.3, 0.4) is 0 Å². The number of carbonyl (C=O) groups excluding carboxylic acids is 1. The van der Waals surface area contributed by atoms with Gasteiger partial charge in [-0.05, 0) is 38.7 Å². The van der Waals surface area contributed by atoms with Crippen LogP contribution in [-0.2, 0) is 4.79 Å². The predicted octanol–water partition coefficient (Wildman–Crippen LogP) is 3.58. The quantitative estimate of drug-likeness (QED) is 0.824. The zero-order valence-electron chi connectivity index (χ0n) is 9.63. The minimum absolute atomic E-state index is 0.00210. The molecular weight excluding hydrogens is 245 g/mol. The number of Topliss-reactive ketones (excluding diaryl/α,β-unsaturated/α-hetero) is 1. The largest absolute Gasteiger partial charge is 0.302 e. The third-order valence-electron chi connectivity index (χ3n) is 2.43. The first-order valence-corrected chi connectivity index (χ1v) is 5.78. The summed E-state index contributed by atoms with van der Waals surface area (Å²) in [5.74, 6) is 0.143. The minimum atomic E-state index is 0.00210. The van der Waals surface area contributed by atoms with Gasteiger partial charge in [-0.3, -0.25) is 4.79 Å². The second kappa shape index (κ2) is 5.67. The Kier molecular flexibility index (Phi) is 4.78. The molecule has 0 aromatic heterocycles. The monoisotopic (exact) mass is 259 g/mol. The highest BCUT2D eigenvalue weighted by molar-refractivity contribution is 6.35. The summed E-state index contributed by atoms with van der Waals surface area (Å²) >= 11 is 12.0. The molecule has 0 heterocycles. The second-order valence-electron chi connectivity index (χ2n) is 4.05. The van der Waals surface area contributed by atoms with E-state index >= 15 is 0 Å². The van der Waals surface area contributed by atoms with Crippen LogP contribution < -0.4 is 0 Å². The van der Waals surface area contributed by atoms with Crippen molar-refractivity contribution in [2.45, 2.75) is 19.4 Å². The lowest BCUT2D eigenvalue weighted by molar-refractivity contribution is -0.118. The molecule has 1 atom stereocenters. The molecule has 2 nitrogen and oxygen atoms in total. The summed E-state index contributed by atoms with van der Waals surface area (Å²) in [6.45, 7) is 1.58. The number of hydrogen-bond donors (Lipinski definition) is 0. The van der Waals surface area contributed by atoms with E-state index in [1.807, 2.05) is 25.1 Å². The standard InChI is InChI=1S/C12H15Cl2NO/c1-8(16)6-12(15(2)3)10-5-4-9(13)7-11(10)14/h4-5,7,12H,6H2,1-3H3. The van der Waals surface area contributed by atoms with E-state index in [1.54, 1.807) is 19.1 Å². The number of nitrogens with zero attached hydrogens (tertiary/aromatic N) is 1. The zero-order chi connectivity index (χ0) is 12.3. The van der Waals surface area contributed by atoms with Crippen molar-refractivity contribution < 1.29 is 4.79 Å². The maximum atomic E-state index is 11.2. The Hall–Kier alpha value is -0.570. The van der Waals surface area contributed by atoms with E-state index in [-0.39, 0.29) is 11.8 Å². The molecule has 88 valence electrons. The molecule has 0 bridgehead atoms. The molecule has 0 aliphatic heterocycles. The summed E-state index contributed by atoms with van der Waals surface area (Å²) in [6, 6.07) is 5.37. The topological polar surface area (TPSA) is 20.3 Å². The van der Waals surface area contributed by atoms with Crippen LogP contribution in [0.1, 0.15) is 24.9 Å². The Morgan fingerprint density at radius 2 is 2.00 bits per heavy atom. The van der Waals surface area contributed by atoms with E-state index < -0.39 is 0 Å². The molecule has 1 aromatic carbocycles. The summed E-state index contributed by atoms with van der Waals surface area (Å²) in [5, 5.41) is 1.21. The van der Waals surface area contributed by atoms with Crippen molar-refractivity contribution in [3.8, 4) is 0 Å². The van der Waals surface area contributed by atoms with Gasteiger partial charge in [-0.25, -0.2) is 0 Å². The molecule has 0 aliphatic rings. The Balaban J connectivity index is 3.05. The third kappa shape index (κ3) is 3.48. The maximum absolute atomic E-state index is 11.2. The van der Waals surface area contributed by atoms with Crippen molar-refractivity contribution in [1.82, 2.24) is 4.90 Å². The number of benzene rings is 1. The molecule has 0 saturated carbocycles. The van der Waals surface area contributed by atoms with Gasteiger partial charge in [0.15, 0.2) is 0 Å². The van der Waals surface area contributed by atoms with Crippen LogP contribution in [0.4, 0.5) is 0 Å². The van der Waals surface area contributed by atoms with E-state index in [2.05, 4.69) is 0 Å². The van der Waals surface area contributed by atoms with Gasteiger partial charge < -0.3 is 4.90 Å². The highest BCUT2D eigenvalue weighted by Crippen LogP contribution is 2.30. The van der Waals surface area contributed by atoms with Gasteiger partial charge in [0.05, 0.1) is 0 Å². The lowest BCUT2D eigenvalue weighted by Crippen LogP contribution is -2.22. The number of ketones is 1. The Morgan fingerprint density at radius 3 is 2.44 bits per heavy atom. The molecular formula is C12H15Cl2NO. The number of halogens is 2. The van der Waals surface area contributed by atoms with Crippen LogP contribution in [0, 0.1) is 0 Å². The highest BCUT2D eigenvalue weighted by Gasteiger charge is 2.18. The molecule has 0 fully saturated rings. The van der Waals surface area contributed by atoms with Crippen LogP contribution in [0.5, 0.6) is 0 Å². The number of carbonyl (C=O) groups is 1. The van der Waals surface area contributed by atoms with Crippen LogP contribution in [0.2, 0.25) is 10.0 Å². The van der Waals surface area contributed by atoms with Crippen molar-refractivity contribution in [3.05, 3.63) is 33.8 Å². The van der Waals surface area contributed by atoms with Crippen LogP contribution >= 0.6 is 23.2 Å². The fourth-order valence-corrected chi connectivity index (χ4v) is 2.15. The SMILES string of the molecule is CC(=O)CC(c1ccc(Cl)cc1Cl)N(C)C. The Labute approximate surface area is 106 Å². The first kappa shape index (κ1) is 13.5. The van der Waals surface area contributed by atoms with Gasteiger partial charge in [-0.1, -0.05) is 29.3 Å². The van der Waals surface area contributed by atoms with Crippen molar-refractivity contribution >= 4 is 29.0 Å². The van der Waals surface area contributed by atoms with Crippen molar-refractivity contribution in [2.75, 3.05) is 14.1 Å².